The van der Waals surface area contributed by atoms with Crippen LogP contribution in [0, 0.1) is 11.8 Å². The predicted octanol–water partition coefficient (Wildman–Crippen LogP) is 2.05. The van der Waals surface area contributed by atoms with Gasteiger partial charge < -0.3 is 24.2 Å². The second-order valence-electron chi connectivity index (χ2n) is 5.71. The first kappa shape index (κ1) is 19.7. The molecule has 0 spiro atoms. The number of benzene rings is 1. The van der Waals surface area contributed by atoms with Crippen LogP contribution in [0.25, 0.3) is 0 Å². The number of aliphatic carboxylic acids is 1. The SMILES string of the molecule is COc1cc(OC)c(C(=O)N2C[C@@H](C(F)(F)F)[C@H](C(=O)O)C2)cc1OC. The van der Waals surface area contributed by atoms with E-state index in [0.717, 1.165) is 4.90 Å². The lowest BCUT2D eigenvalue weighted by molar-refractivity contribution is -0.187. The van der Waals surface area contributed by atoms with Crippen molar-refractivity contribution in [3.05, 3.63) is 17.7 Å². The molecule has 1 aromatic rings. The third-order valence-electron chi connectivity index (χ3n) is 4.28. The fourth-order valence-corrected chi connectivity index (χ4v) is 2.92. The predicted molar refractivity (Wildman–Crippen MR) is 82.7 cm³/mol. The molecule has 1 aliphatic rings. The highest BCUT2D eigenvalue weighted by atomic mass is 19.4. The molecular formula is C16H18F3NO6. The second kappa shape index (κ2) is 7.30. The maximum atomic E-state index is 13.1. The van der Waals surface area contributed by atoms with Crippen LogP contribution in [0.5, 0.6) is 17.2 Å². The van der Waals surface area contributed by atoms with Gasteiger partial charge in [0.2, 0.25) is 0 Å². The molecule has 144 valence electrons. The number of hydrogen-bond donors (Lipinski definition) is 1. The van der Waals surface area contributed by atoms with Gasteiger partial charge in [-0.3, -0.25) is 9.59 Å². The number of alkyl halides is 3. The van der Waals surface area contributed by atoms with Crippen LogP contribution in [-0.2, 0) is 4.79 Å². The molecule has 0 radical (unpaired) electrons. The van der Waals surface area contributed by atoms with Crippen molar-refractivity contribution >= 4 is 11.9 Å². The Bertz CT molecular complexity index is 706. The second-order valence-corrected chi connectivity index (χ2v) is 5.71. The van der Waals surface area contributed by atoms with Crippen molar-refractivity contribution in [3.8, 4) is 17.2 Å². The number of carboxylic acids is 1. The Kier molecular flexibility index (Phi) is 5.53. The van der Waals surface area contributed by atoms with Gasteiger partial charge in [0.25, 0.3) is 5.91 Å². The van der Waals surface area contributed by atoms with Gasteiger partial charge in [-0.25, -0.2) is 0 Å². The van der Waals surface area contributed by atoms with Crippen LogP contribution in [0.4, 0.5) is 13.2 Å². The Morgan fingerprint density at radius 1 is 1.04 bits per heavy atom. The number of amides is 1. The van der Waals surface area contributed by atoms with Crippen molar-refractivity contribution in [2.24, 2.45) is 11.8 Å². The summed E-state index contributed by atoms with van der Waals surface area (Å²) < 4.78 is 54.6. The summed E-state index contributed by atoms with van der Waals surface area (Å²) in [6.45, 7) is -1.29. The number of carboxylic acid groups (broad SMARTS) is 1. The Hall–Kier alpha value is -2.65. The fourth-order valence-electron chi connectivity index (χ4n) is 2.92. The summed E-state index contributed by atoms with van der Waals surface area (Å²) in [7, 11) is 4.01. The molecular weight excluding hydrogens is 359 g/mol. The van der Waals surface area contributed by atoms with Crippen molar-refractivity contribution in [1.29, 1.82) is 0 Å². The third-order valence-corrected chi connectivity index (χ3v) is 4.28. The number of halogens is 3. The fraction of sp³-hybridized carbons (Fsp3) is 0.500. The van der Waals surface area contributed by atoms with Gasteiger partial charge in [0.1, 0.15) is 5.75 Å². The lowest BCUT2D eigenvalue weighted by Gasteiger charge is -2.20. The highest BCUT2D eigenvalue weighted by Crippen LogP contribution is 2.40. The van der Waals surface area contributed by atoms with Crippen LogP contribution in [0.3, 0.4) is 0 Å². The molecule has 7 nitrogen and oxygen atoms in total. The number of ether oxygens (including phenoxy) is 3. The minimum absolute atomic E-state index is 0.0443. The Balaban J connectivity index is 2.39. The molecule has 1 amide bonds. The minimum Gasteiger partial charge on any atom is -0.496 e. The van der Waals surface area contributed by atoms with Crippen molar-refractivity contribution in [2.75, 3.05) is 34.4 Å². The van der Waals surface area contributed by atoms with E-state index in [1.807, 2.05) is 0 Å². The molecule has 0 aliphatic carbocycles. The molecule has 0 unspecified atom stereocenters. The quantitative estimate of drug-likeness (QED) is 0.845. The average molecular weight is 377 g/mol. The van der Waals surface area contributed by atoms with E-state index in [0.29, 0.717) is 0 Å². The van der Waals surface area contributed by atoms with Crippen LogP contribution in [0.2, 0.25) is 0 Å². The van der Waals surface area contributed by atoms with Crippen molar-refractivity contribution in [1.82, 2.24) is 4.90 Å². The molecule has 0 saturated carbocycles. The van der Waals surface area contributed by atoms with Gasteiger partial charge >= 0.3 is 12.1 Å². The maximum Gasteiger partial charge on any atom is 0.394 e. The highest BCUT2D eigenvalue weighted by Gasteiger charge is 2.53. The molecule has 0 bridgehead atoms. The lowest BCUT2D eigenvalue weighted by Crippen LogP contribution is -2.34. The average Bonchev–Trinajstić information content (AvgIpc) is 3.05. The molecule has 0 aromatic heterocycles. The number of carbonyl (C=O) groups excluding carboxylic acids is 1. The van der Waals surface area contributed by atoms with Gasteiger partial charge in [-0.2, -0.15) is 13.2 Å². The molecule has 2 atom stereocenters. The number of methoxy groups -OCH3 is 3. The smallest absolute Gasteiger partial charge is 0.394 e. The van der Waals surface area contributed by atoms with Crippen molar-refractivity contribution in [3.63, 3.8) is 0 Å². The largest absolute Gasteiger partial charge is 0.496 e. The molecule has 2 rings (SSSR count). The van der Waals surface area contributed by atoms with Gasteiger partial charge in [-0.05, 0) is 0 Å². The van der Waals surface area contributed by atoms with Crippen LogP contribution in [0.1, 0.15) is 10.4 Å². The first-order valence-electron chi connectivity index (χ1n) is 7.52. The van der Waals surface area contributed by atoms with Gasteiger partial charge in [0, 0.05) is 25.2 Å². The Morgan fingerprint density at radius 2 is 1.58 bits per heavy atom. The Labute approximate surface area is 147 Å². The van der Waals surface area contributed by atoms with Gasteiger partial charge in [-0.1, -0.05) is 0 Å². The lowest BCUT2D eigenvalue weighted by atomic mass is 9.96. The zero-order valence-corrected chi connectivity index (χ0v) is 14.3. The molecule has 1 aromatic carbocycles. The zero-order chi connectivity index (χ0) is 19.6. The minimum atomic E-state index is -4.72. The van der Waals surface area contributed by atoms with E-state index >= 15 is 0 Å². The maximum absolute atomic E-state index is 13.1. The first-order valence-corrected chi connectivity index (χ1v) is 7.52. The van der Waals surface area contributed by atoms with E-state index in [4.69, 9.17) is 19.3 Å². The van der Waals surface area contributed by atoms with Gasteiger partial charge in [0.05, 0.1) is 38.7 Å². The Morgan fingerprint density at radius 3 is 2.00 bits per heavy atom. The van der Waals surface area contributed by atoms with Crippen LogP contribution < -0.4 is 14.2 Å². The molecule has 1 saturated heterocycles. The summed E-state index contributed by atoms with van der Waals surface area (Å²) in [4.78, 5) is 24.8. The highest BCUT2D eigenvalue weighted by molar-refractivity contribution is 5.98. The molecule has 1 fully saturated rings. The van der Waals surface area contributed by atoms with Crippen molar-refractivity contribution in [2.45, 2.75) is 6.18 Å². The first-order chi connectivity index (χ1) is 12.1. The third kappa shape index (κ3) is 3.63. The summed E-state index contributed by atoms with van der Waals surface area (Å²) in [6, 6.07) is 2.66. The summed E-state index contributed by atoms with van der Waals surface area (Å²) in [6.07, 6.45) is -4.72. The molecule has 1 heterocycles. The van der Waals surface area contributed by atoms with E-state index in [-0.39, 0.29) is 22.8 Å². The number of rotatable bonds is 5. The number of nitrogens with zero attached hydrogens (tertiary/aromatic N) is 1. The van der Waals surface area contributed by atoms with Crippen LogP contribution >= 0.6 is 0 Å². The summed E-state index contributed by atoms with van der Waals surface area (Å²) in [5, 5.41) is 9.07. The van der Waals surface area contributed by atoms with Gasteiger partial charge in [0.15, 0.2) is 11.5 Å². The molecule has 1 aliphatic heterocycles. The van der Waals surface area contributed by atoms with E-state index < -0.39 is 43.0 Å². The van der Waals surface area contributed by atoms with E-state index in [9.17, 15) is 22.8 Å². The topological polar surface area (TPSA) is 85.3 Å². The monoisotopic (exact) mass is 377 g/mol. The summed E-state index contributed by atoms with van der Waals surface area (Å²) in [5.41, 5.74) is -0.0443. The van der Waals surface area contributed by atoms with Gasteiger partial charge in [-0.15, -0.1) is 0 Å². The number of likely N-dealkylation sites (tertiary alicyclic amines) is 1. The number of carbonyl (C=O) groups is 2. The van der Waals surface area contributed by atoms with E-state index in [2.05, 4.69) is 0 Å². The van der Waals surface area contributed by atoms with Crippen LogP contribution in [-0.4, -0.2) is 62.5 Å². The summed E-state index contributed by atoms with van der Waals surface area (Å²) >= 11 is 0. The zero-order valence-electron chi connectivity index (χ0n) is 14.3. The molecule has 10 heteroatoms. The van der Waals surface area contributed by atoms with E-state index in [1.165, 1.54) is 33.5 Å². The molecule has 26 heavy (non-hydrogen) atoms. The normalized spacial score (nSPS) is 20.0. The van der Waals surface area contributed by atoms with Crippen LogP contribution in [0.15, 0.2) is 12.1 Å². The number of hydrogen-bond acceptors (Lipinski definition) is 5. The van der Waals surface area contributed by atoms with Crippen molar-refractivity contribution < 1.29 is 42.1 Å². The summed E-state index contributed by atoms with van der Waals surface area (Å²) in [5.74, 6) is -5.67. The molecule has 1 N–H and O–H groups in total. The van der Waals surface area contributed by atoms with E-state index in [1.54, 1.807) is 0 Å². The standard InChI is InChI=1S/C16H18F3NO6/c1-24-11-5-13(26-3)12(25-2)4-8(11)14(21)20-6-9(15(22)23)10(7-20)16(17,18)19/h4-5,9-10H,6-7H2,1-3H3,(H,22,23)/t9-,10-/m1/s1.